The van der Waals surface area contributed by atoms with Gasteiger partial charge < -0.3 is 20.3 Å². The van der Waals surface area contributed by atoms with Crippen LogP contribution in [0.15, 0.2) is 59.4 Å². The van der Waals surface area contributed by atoms with E-state index in [0.717, 1.165) is 17.9 Å². The first-order chi connectivity index (χ1) is 14.2. The van der Waals surface area contributed by atoms with E-state index in [1.54, 1.807) is 23.7 Å². The molecule has 2 amide bonds. The highest BCUT2D eigenvalue weighted by Crippen LogP contribution is 2.20. The minimum absolute atomic E-state index is 0.0190. The monoisotopic (exact) mass is 408 g/mol. The number of benzene rings is 2. The van der Waals surface area contributed by atoms with Gasteiger partial charge in [-0.15, -0.1) is 11.3 Å². The number of hydrogen-bond acceptors (Lipinski definition) is 6. The zero-order chi connectivity index (χ0) is 20.1. The molecule has 0 aliphatic carbocycles. The summed E-state index contributed by atoms with van der Waals surface area (Å²) in [6, 6.07) is 14.5. The molecule has 1 fully saturated rings. The Kier molecular flexibility index (Phi) is 5.71. The van der Waals surface area contributed by atoms with Gasteiger partial charge in [0.15, 0.2) is 0 Å². The summed E-state index contributed by atoms with van der Waals surface area (Å²) in [5.74, 6) is 0.420. The van der Waals surface area contributed by atoms with Crippen LogP contribution in [0.3, 0.4) is 0 Å². The summed E-state index contributed by atoms with van der Waals surface area (Å²) in [5, 5.41) is 7.63. The fraction of sp³-hybridized carbons (Fsp3) is 0.190. The van der Waals surface area contributed by atoms with E-state index in [1.165, 1.54) is 11.3 Å². The smallest absolute Gasteiger partial charge is 0.255 e. The topological polar surface area (TPSA) is 83.6 Å². The average molecular weight is 408 g/mol. The molecule has 7 nitrogen and oxygen atoms in total. The van der Waals surface area contributed by atoms with Crippen LogP contribution in [0.25, 0.3) is 0 Å². The van der Waals surface area contributed by atoms with Crippen LogP contribution in [0, 0.1) is 0 Å². The number of piperazine rings is 1. The van der Waals surface area contributed by atoms with Crippen LogP contribution in [0.4, 0.5) is 11.4 Å². The van der Waals surface area contributed by atoms with Gasteiger partial charge in [-0.3, -0.25) is 9.59 Å². The number of amides is 2. The van der Waals surface area contributed by atoms with Gasteiger partial charge >= 0.3 is 0 Å². The van der Waals surface area contributed by atoms with Crippen molar-refractivity contribution in [1.29, 1.82) is 0 Å². The third-order valence-corrected chi connectivity index (χ3v) is 5.13. The number of ether oxygens (including phenoxy) is 1. The Morgan fingerprint density at radius 2 is 2.10 bits per heavy atom. The Morgan fingerprint density at radius 1 is 1.24 bits per heavy atom. The van der Waals surface area contributed by atoms with E-state index in [1.807, 2.05) is 40.6 Å². The van der Waals surface area contributed by atoms with Crippen LogP contribution in [0.2, 0.25) is 0 Å². The van der Waals surface area contributed by atoms with Gasteiger partial charge in [0.25, 0.3) is 5.91 Å². The molecule has 0 bridgehead atoms. The minimum atomic E-state index is -0.214. The van der Waals surface area contributed by atoms with Crippen molar-refractivity contribution in [2.75, 3.05) is 29.9 Å². The van der Waals surface area contributed by atoms with Crippen molar-refractivity contribution in [2.24, 2.45) is 0 Å². The maximum atomic E-state index is 12.6. The third kappa shape index (κ3) is 4.91. The first-order valence-corrected chi connectivity index (χ1v) is 10.1. The van der Waals surface area contributed by atoms with Gasteiger partial charge in [0.05, 0.1) is 17.7 Å². The van der Waals surface area contributed by atoms with Gasteiger partial charge in [-0.2, -0.15) is 0 Å². The van der Waals surface area contributed by atoms with Crippen molar-refractivity contribution in [3.8, 4) is 5.75 Å². The zero-order valence-corrected chi connectivity index (χ0v) is 16.4. The summed E-state index contributed by atoms with van der Waals surface area (Å²) >= 11 is 1.52. The highest BCUT2D eigenvalue weighted by Gasteiger charge is 2.16. The molecular weight excluding hydrogens is 388 g/mol. The zero-order valence-electron chi connectivity index (χ0n) is 15.6. The number of aromatic nitrogens is 1. The number of hydrogen-bond donors (Lipinski definition) is 2. The number of nitrogens with one attached hydrogen (secondary N) is 2. The van der Waals surface area contributed by atoms with Crippen molar-refractivity contribution in [2.45, 2.75) is 6.61 Å². The summed E-state index contributed by atoms with van der Waals surface area (Å²) in [6.45, 7) is 2.12. The third-order valence-electron chi connectivity index (χ3n) is 4.50. The Bertz CT molecular complexity index is 989. The van der Waals surface area contributed by atoms with Gasteiger partial charge in [0.1, 0.15) is 12.4 Å². The quantitative estimate of drug-likeness (QED) is 0.655. The summed E-state index contributed by atoms with van der Waals surface area (Å²) in [5.41, 5.74) is 4.77. The number of rotatable bonds is 6. The molecule has 29 heavy (non-hydrogen) atoms. The van der Waals surface area contributed by atoms with Crippen LogP contribution < -0.4 is 20.3 Å². The molecule has 1 aliphatic heterocycles. The minimum Gasteiger partial charge on any atom is -0.487 e. The van der Waals surface area contributed by atoms with Gasteiger partial charge in [-0.1, -0.05) is 6.07 Å². The van der Waals surface area contributed by atoms with E-state index in [0.29, 0.717) is 36.7 Å². The number of anilines is 2. The summed E-state index contributed by atoms with van der Waals surface area (Å²) < 4.78 is 5.71. The molecule has 148 valence electrons. The van der Waals surface area contributed by atoms with E-state index in [-0.39, 0.29) is 11.8 Å². The molecule has 0 radical (unpaired) electrons. The van der Waals surface area contributed by atoms with Crippen molar-refractivity contribution in [3.63, 3.8) is 0 Å². The molecule has 4 rings (SSSR count). The molecule has 8 heteroatoms. The van der Waals surface area contributed by atoms with Gasteiger partial charge in [-0.25, -0.2) is 4.98 Å². The van der Waals surface area contributed by atoms with E-state index in [9.17, 15) is 9.59 Å². The van der Waals surface area contributed by atoms with Gasteiger partial charge in [0, 0.05) is 35.4 Å². The van der Waals surface area contributed by atoms with Crippen molar-refractivity contribution in [1.82, 2.24) is 10.3 Å². The lowest BCUT2D eigenvalue weighted by atomic mass is 10.2. The molecule has 0 unspecified atom stereocenters. The second-order valence-electron chi connectivity index (χ2n) is 6.57. The van der Waals surface area contributed by atoms with Crippen molar-refractivity contribution >= 4 is 34.5 Å². The van der Waals surface area contributed by atoms with E-state index < -0.39 is 0 Å². The molecule has 1 aromatic heterocycles. The first kappa shape index (κ1) is 18.9. The number of carbonyl (C=O) groups excluding carboxylic acids is 2. The highest BCUT2D eigenvalue weighted by molar-refractivity contribution is 7.07. The predicted molar refractivity (Wildman–Crippen MR) is 113 cm³/mol. The van der Waals surface area contributed by atoms with Crippen molar-refractivity contribution in [3.05, 3.63) is 70.7 Å². The fourth-order valence-corrected chi connectivity index (χ4v) is 3.55. The molecular formula is C21H20N4O3S. The molecule has 0 saturated carbocycles. The van der Waals surface area contributed by atoms with Crippen LogP contribution in [0.1, 0.15) is 16.1 Å². The van der Waals surface area contributed by atoms with Crippen LogP contribution in [0.5, 0.6) is 5.75 Å². The lowest BCUT2D eigenvalue weighted by Crippen LogP contribution is -2.47. The van der Waals surface area contributed by atoms with E-state index in [2.05, 4.69) is 15.6 Å². The molecule has 0 atom stereocenters. The number of carbonyl (C=O) groups is 2. The Hall–Kier alpha value is -3.39. The second kappa shape index (κ2) is 8.74. The first-order valence-electron chi connectivity index (χ1n) is 9.20. The van der Waals surface area contributed by atoms with E-state index >= 15 is 0 Å². The standard InChI is InChI=1S/C21H20N4O3S/c26-20-11-25(9-8-22-20)18-6-4-16(5-7-18)24-21(27)15-2-1-3-19(10-15)28-12-17-13-29-14-23-17/h1-7,10,13-14H,8-9,11-12H2,(H,22,26)(H,24,27). The van der Waals surface area contributed by atoms with Crippen molar-refractivity contribution < 1.29 is 14.3 Å². The van der Waals surface area contributed by atoms with Gasteiger partial charge in [-0.05, 0) is 42.5 Å². The second-order valence-corrected chi connectivity index (χ2v) is 7.29. The van der Waals surface area contributed by atoms with E-state index in [4.69, 9.17) is 4.74 Å². The summed E-state index contributed by atoms with van der Waals surface area (Å²) in [7, 11) is 0. The molecule has 2 aromatic carbocycles. The SMILES string of the molecule is O=C1CN(c2ccc(NC(=O)c3cccc(OCc4cscn4)c3)cc2)CCN1. The fourth-order valence-electron chi connectivity index (χ4n) is 3.01. The molecule has 1 saturated heterocycles. The summed E-state index contributed by atoms with van der Waals surface area (Å²) in [4.78, 5) is 30.3. The predicted octanol–water partition coefficient (Wildman–Crippen LogP) is 2.91. The molecule has 2 heterocycles. The Morgan fingerprint density at radius 3 is 2.86 bits per heavy atom. The lowest BCUT2D eigenvalue weighted by Gasteiger charge is -2.28. The Balaban J connectivity index is 1.37. The molecule has 2 N–H and O–H groups in total. The normalized spacial score (nSPS) is 13.7. The molecule has 0 spiro atoms. The average Bonchev–Trinajstić information content (AvgIpc) is 3.27. The van der Waals surface area contributed by atoms with Crippen LogP contribution in [-0.4, -0.2) is 36.4 Å². The molecule has 1 aliphatic rings. The highest BCUT2D eigenvalue weighted by atomic mass is 32.1. The van der Waals surface area contributed by atoms with Crippen LogP contribution >= 0.6 is 11.3 Å². The molecule has 3 aromatic rings. The maximum Gasteiger partial charge on any atom is 0.255 e. The van der Waals surface area contributed by atoms with Crippen LogP contribution in [-0.2, 0) is 11.4 Å². The lowest BCUT2D eigenvalue weighted by molar-refractivity contribution is -0.120. The largest absolute Gasteiger partial charge is 0.487 e. The summed E-state index contributed by atoms with van der Waals surface area (Å²) in [6.07, 6.45) is 0. The Labute approximate surface area is 172 Å². The maximum absolute atomic E-state index is 12.6. The van der Waals surface area contributed by atoms with Gasteiger partial charge in [0.2, 0.25) is 5.91 Å². The number of thiazole rings is 1. The number of nitrogens with zero attached hydrogens (tertiary/aromatic N) is 2.